The van der Waals surface area contributed by atoms with Gasteiger partial charge in [-0.15, -0.1) is 0 Å². The lowest BCUT2D eigenvalue weighted by Crippen LogP contribution is -2.20. The summed E-state index contributed by atoms with van der Waals surface area (Å²) in [5, 5.41) is 21.9. The number of amides is 1. The van der Waals surface area contributed by atoms with Crippen molar-refractivity contribution in [2.24, 2.45) is 0 Å². The normalized spacial score (nSPS) is 9.80. The molecule has 0 aliphatic heterocycles. The molecule has 0 fully saturated rings. The smallest absolute Gasteiger partial charge is 0.306 e. The molecule has 0 aliphatic carbocycles. The summed E-state index contributed by atoms with van der Waals surface area (Å²) in [5.74, 6) is -1.07. The van der Waals surface area contributed by atoms with Gasteiger partial charge in [0.1, 0.15) is 0 Å². The Morgan fingerprint density at radius 1 is 1.32 bits per heavy atom. The zero-order valence-electron chi connectivity index (χ0n) is 13.0. The van der Waals surface area contributed by atoms with Gasteiger partial charge in [-0.1, -0.05) is 0 Å². The van der Waals surface area contributed by atoms with E-state index in [0.29, 0.717) is 5.56 Å². The lowest BCUT2D eigenvalue weighted by molar-refractivity contribution is -0.387. The number of nitro benzene ring substituents is 1. The first-order chi connectivity index (χ1) is 11.9. The van der Waals surface area contributed by atoms with Gasteiger partial charge < -0.3 is 14.8 Å². The fourth-order valence-electron chi connectivity index (χ4n) is 1.93. The van der Waals surface area contributed by atoms with Crippen LogP contribution in [-0.4, -0.2) is 24.5 Å². The zero-order chi connectivity index (χ0) is 18.4. The molecule has 128 valence electrons. The minimum atomic E-state index is -0.999. The second-order valence-electron chi connectivity index (χ2n) is 4.74. The van der Waals surface area contributed by atoms with E-state index in [1.807, 2.05) is 6.07 Å². The van der Waals surface area contributed by atoms with E-state index in [0.717, 1.165) is 12.1 Å². The molecule has 9 heteroatoms. The van der Waals surface area contributed by atoms with Crippen LogP contribution in [0.5, 0.6) is 11.5 Å². The molecule has 0 aliphatic rings. The quantitative estimate of drug-likeness (QED) is 0.636. The van der Waals surface area contributed by atoms with Gasteiger partial charge in [0.25, 0.3) is 5.91 Å². The Morgan fingerprint density at radius 2 is 2.08 bits per heavy atom. The highest BCUT2D eigenvalue weighted by Gasteiger charge is 2.16. The molecule has 0 unspecified atom stereocenters. The molecule has 2 aromatic rings. The van der Waals surface area contributed by atoms with E-state index in [2.05, 4.69) is 5.32 Å². The van der Waals surface area contributed by atoms with E-state index in [4.69, 9.17) is 14.7 Å². The number of nitriles is 1. The van der Waals surface area contributed by atoms with Crippen molar-refractivity contribution in [1.29, 1.82) is 5.26 Å². The molecule has 0 atom stereocenters. The number of methoxy groups -OCH3 is 1. The predicted molar refractivity (Wildman–Crippen MR) is 84.9 cm³/mol. The van der Waals surface area contributed by atoms with E-state index < -0.39 is 28.9 Å². The van der Waals surface area contributed by atoms with Crippen LogP contribution in [0.2, 0.25) is 0 Å². The number of rotatable bonds is 6. The molecule has 0 aromatic heterocycles. The second-order valence-corrected chi connectivity index (χ2v) is 4.74. The number of anilines is 1. The van der Waals surface area contributed by atoms with E-state index in [1.165, 1.54) is 31.4 Å². The Labute approximate surface area is 141 Å². The minimum Gasteiger partial charge on any atom is -0.493 e. The van der Waals surface area contributed by atoms with Crippen molar-refractivity contribution in [3.63, 3.8) is 0 Å². The summed E-state index contributed by atoms with van der Waals surface area (Å²) < 4.78 is 23.6. The molecule has 0 saturated carbocycles. The Bertz CT molecular complexity index is 863. The van der Waals surface area contributed by atoms with Gasteiger partial charge >= 0.3 is 5.69 Å². The van der Waals surface area contributed by atoms with Crippen LogP contribution in [-0.2, 0) is 4.79 Å². The van der Waals surface area contributed by atoms with Crippen molar-refractivity contribution in [3.8, 4) is 17.6 Å². The first-order valence-electron chi connectivity index (χ1n) is 6.89. The maximum atomic E-state index is 13.3. The average molecular weight is 345 g/mol. The Hall–Kier alpha value is -3.67. The molecule has 1 amide bonds. The summed E-state index contributed by atoms with van der Waals surface area (Å²) >= 11 is 0. The van der Waals surface area contributed by atoms with Crippen molar-refractivity contribution in [2.75, 3.05) is 19.0 Å². The van der Waals surface area contributed by atoms with Gasteiger partial charge in [0.15, 0.2) is 18.1 Å². The summed E-state index contributed by atoms with van der Waals surface area (Å²) in [7, 11) is 1.39. The molecule has 8 nitrogen and oxygen atoms in total. The summed E-state index contributed by atoms with van der Waals surface area (Å²) in [5.41, 5.74) is -0.312. The third kappa shape index (κ3) is 4.42. The molecule has 25 heavy (non-hydrogen) atoms. The van der Waals surface area contributed by atoms with Crippen LogP contribution in [0.3, 0.4) is 0 Å². The highest BCUT2D eigenvalue weighted by atomic mass is 19.1. The van der Waals surface area contributed by atoms with Crippen molar-refractivity contribution in [1.82, 2.24) is 0 Å². The molecule has 0 spiro atoms. The summed E-state index contributed by atoms with van der Waals surface area (Å²) in [6, 6.07) is 9.37. The molecule has 2 rings (SSSR count). The Kier molecular flexibility index (Phi) is 5.47. The number of nitro groups is 1. The number of halogens is 1. The van der Waals surface area contributed by atoms with Gasteiger partial charge in [0.05, 0.1) is 23.7 Å². The van der Waals surface area contributed by atoms with Crippen molar-refractivity contribution in [2.45, 2.75) is 0 Å². The maximum absolute atomic E-state index is 13.3. The molecule has 0 bridgehead atoms. The molecule has 0 saturated heterocycles. The van der Waals surface area contributed by atoms with E-state index in [1.54, 1.807) is 0 Å². The van der Waals surface area contributed by atoms with Crippen LogP contribution in [0, 0.1) is 27.3 Å². The highest BCUT2D eigenvalue weighted by Crippen LogP contribution is 2.28. The maximum Gasteiger partial charge on any atom is 0.306 e. The standard InChI is InChI=1S/C16H12FN3O5/c1-24-15-6-10(8-18)2-5-14(15)25-9-16(21)19-11-3-4-12(17)13(7-11)20(22)23/h2-7H,9H2,1H3,(H,19,21). The highest BCUT2D eigenvalue weighted by molar-refractivity contribution is 5.92. The number of benzene rings is 2. The summed E-state index contributed by atoms with van der Waals surface area (Å²) in [6.07, 6.45) is 0. The molecular weight excluding hydrogens is 333 g/mol. The van der Waals surface area contributed by atoms with Crippen LogP contribution in [0.25, 0.3) is 0 Å². The zero-order valence-corrected chi connectivity index (χ0v) is 13.0. The Balaban J connectivity index is 2.03. The lowest BCUT2D eigenvalue weighted by Gasteiger charge is -2.11. The number of nitrogens with one attached hydrogen (secondary N) is 1. The monoisotopic (exact) mass is 345 g/mol. The predicted octanol–water partition coefficient (Wildman–Crippen LogP) is 2.63. The van der Waals surface area contributed by atoms with Gasteiger partial charge in [0, 0.05) is 17.8 Å². The fraction of sp³-hybridized carbons (Fsp3) is 0.125. The topological polar surface area (TPSA) is 114 Å². The van der Waals surface area contributed by atoms with E-state index in [-0.39, 0.29) is 17.2 Å². The number of ether oxygens (including phenoxy) is 2. The number of nitrogens with zero attached hydrogens (tertiary/aromatic N) is 2. The van der Waals surface area contributed by atoms with Gasteiger partial charge in [0.2, 0.25) is 5.82 Å². The second kappa shape index (κ2) is 7.74. The molecule has 1 N–H and O–H groups in total. The van der Waals surface area contributed by atoms with Gasteiger partial charge in [-0.05, 0) is 24.3 Å². The van der Waals surface area contributed by atoms with Crippen LogP contribution in [0.15, 0.2) is 36.4 Å². The van der Waals surface area contributed by atoms with Crippen LogP contribution in [0.1, 0.15) is 5.56 Å². The van der Waals surface area contributed by atoms with Crippen molar-refractivity contribution < 1.29 is 23.6 Å². The van der Waals surface area contributed by atoms with Gasteiger partial charge in [-0.2, -0.15) is 9.65 Å². The third-order valence-electron chi connectivity index (χ3n) is 3.08. The SMILES string of the molecule is COc1cc(C#N)ccc1OCC(=O)Nc1ccc(F)c([N+](=O)[O-])c1. The van der Waals surface area contributed by atoms with E-state index >= 15 is 0 Å². The summed E-state index contributed by atoms with van der Waals surface area (Å²) in [6.45, 7) is -0.409. The lowest BCUT2D eigenvalue weighted by atomic mass is 10.2. The molecule has 2 aromatic carbocycles. The first kappa shape index (κ1) is 17.7. The molecule has 0 radical (unpaired) electrons. The Morgan fingerprint density at radius 3 is 2.72 bits per heavy atom. The number of carbonyl (C=O) groups is 1. The van der Waals surface area contributed by atoms with Crippen LogP contribution < -0.4 is 14.8 Å². The molecule has 0 heterocycles. The number of hydrogen-bond donors (Lipinski definition) is 1. The number of carbonyl (C=O) groups excluding carboxylic acids is 1. The van der Waals surface area contributed by atoms with Crippen molar-refractivity contribution in [3.05, 3.63) is 57.9 Å². The van der Waals surface area contributed by atoms with Gasteiger partial charge in [-0.25, -0.2) is 0 Å². The largest absolute Gasteiger partial charge is 0.493 e. The van der Waals surface area contributed by atoms with Crippen LogP contribution in [0.4, 0.5) is 15.8 Å². The van der Waals surface area contributed by atoms with Crippen molar-refractivity contribution >= 4 is 17.3 Å². The van der Waals surface area contributed by atoms with Crippen LogP contribution >= 0.6 is 0 Å². The van der Waals surface area contributed by atoms with E-state index in [9.17, 15) is 19.3 Å². The number of hydrogen-bond acceptors (Lipinski definition) is 6. The minimum absolute atomic E-state index is 0.0634. The molecular formula is C16H12FN3O5. The average Bonchev–Trinajstić information content (AvgIpc) is 2.61. The first-order valence-corrected chi connectivity index (χ1v) is 6.89. The van der Waals surface area contributed by atoms with Gasteiger partial charge in [-0.3, -0.25) is 14.9 Å². The summed E-state index contributed by atoms with van der Waals surface area (Å²) in [4.78, 5) is 21.7. The third-order valence-corrected chi connectivity index (χ3v) is 3.08. The fourth-order valence-corrected chi connectivity index (χ4v) is 1.93.